The molecule has 2 aromatic carbocycles. The van der Waals surface area contributed by atoms with Gasteiger partial charge in [-0.15, -0.1) is 0 Å². The summed E-state index contributed by atoms with van der Waals surface area (Å²) < 4.78 is 0. The van der Waals surface area contributed by atoms with Crippen LogP contribution in [-0.2, 0) is 11.2 Å². The highest BCUT2D eigenvalue weighted by atomic mass is 16.2. The van der Waals surface area contributed by atoms with Gasteiger partial charge in [-0.2, -0.15) is 0 Å². The summed E-state index contributed by atoms with van der Waals surface area (Å²) >= 11 is 0. The number of anilines is 1. The Hall–Kier alpha value is -2.82. The first-order valence-electron chi connectivity index (χ1n) is 12.4. The Kier molecular flexibility index (Phi) is 8.93. The molecule has 0 saturated heterocycles. The average Bonchev–Trinajstić information content (AvgIpc) is 2.81. The number of urea groups is 1. The van der Waals surface area contributed by atoms with E-state index in [1.165, 1.54) is 16.7 Å². The Bertz CT molecular complexity index is 923. The lowest BCUT2D eigenvalue weighted by Gasteiger charge is -2.36. The second-order valence-corrected chi connectivity index (χ2v) is 9.40. The summed E-state index contributed by atoms with van der Waals surface area (Å²) in [5, 5.41) is 3.00. The SMILES string of the molecule is CCCCCCN(CC(=O)N1CCc2ccccc2C1C)C(=O)Nc1ccc(C(C)C)cc1. The second kappa shape index (κ2) is 11.9. The maximum absolute atomic E-state index is 13.3. The topological polar surface area (TPSA) is 52.7 Å². The van der Waals surface area contributed by atoms with Crippen molar-refractivity contribution in [2.75, 3.05) is 25.0 Å². The summed E-state index contributed by atoms with van der Waals surface area (Å²) in [5.74, 6) is 0.455. The van der Waals surface area contributed by atoms with Crippen LogP contribution in [0.5, 0.6) is 0 Å². The zero-order chi connectivity index (χ0) is 23.8. The molecule has 3 amide bonds. The van der Waals surface area contributed by atoms with Crippen LogP contribution in [0.2, 0.25) is 0 Å². The van der Waals surface area contributed by atoms with Gasteiger partial charge in [-0.05, 0) is 54.5 Å². The smallest absolute Gasteiger partial charge is 0.322 e. The van der Waals surface area contributed by atoms with E-state index < -0.39 is 0 Å². The summed E-state index contributed by atoms with van der Waals surface area (Å²) in [6.45, 7) is 9.94. The first-order chi connectivity index (χ1) is 15.9. The number of fused-ring (bicyclic) bond motifs is 1. The zero-order valence-electron chi connectivity index (χ0n) is 20.6. The van der Waals surface area contributed by atoms with E-state index in [-0.39, 0.29) is 24.5 Å². The molecule has 1 aliphatic heterocycles. The minimum atomic E-state index is -0.206. The van der Waals surface area contributed by atoms with Gasteiger partial charge in [0.2, 0.25) is 5.91 Å². The van der Waals surface area contributed by atoms with Crippen molar-refractivity contribution < 1.29 is 9.59 Å². The standard InChI is InChI=1S/C28H39N3O2/c1-5-6-7-10-18-30(28(33)29-25-15-13-23(14-16-25)21(2)3)20-27(32)31-19-17-24-11-8-9-12-26(24)22(31)4/h8-9,11-16,21-22H,5-7,10,17-20H2,1-4H3,(H,29,33). The van der Waals surface area contributed by atoms with E-state index >= 15 is 0 Å². The monoisotopic (exact) mass is 449 g/mol. The number of unbranched alkanes of at least 4 members (excludes halogenated alkanes) is 3. The van der Waals surface area contributed by atoms with Crippen LogP contribution in [0, 0.1) is 0 Å². The summed E-state index contributed by atoms with van der Waals surface area (Å²) in [5.41, 5.74) is 4.52. The molecular formula is C28H39N3O2. The minimum absolute atomic E-state index is 0.0119. The number of nitrogens with zero attached hydrogens (tertiary/aromatic N) is 2. The Morgan fingerprint density at radius 1 is 1.06 bits per heavy atom. The Balaban J connectivity index is 1.67. The molecule has 0 spiro atoms. The molecule has 0 aliphatic carbocycles. The van der Waals surface area contributed by atoms with Gasteiger partial charge in [0, 0.05) is 18.8 Å². The number of hydrogen-bond donors (Lipinski definition) is 1. The fourth-order valence-corrected chi connectivity index (χ4v) is 4.50. The molecular weight excluding hydrogens is 410 g/mol. The van der Waals surface area contributed by atoms with Crippen molar-refractivity contribution in [3.05, 3.63) is 65.2 Å². The van der Waals surface area contributed by atoms with Gasteiger partial charge < -0.3 is 15.1 Å². The van der Waals surface area contributed by atoms with Crippen LogP contribution in [0.1, 0.15) is 82.0 Å². The lowest BCUT2D eigenvalue weighted by Crippen LogP contribution is -2.47. The molecule has 5 heteroatoms. The summed E-state index contributed by atoms with van der Waals surface area (Å²) in [6.07, 6.45) is 5.10. The van der Waals surface area contributed by atoms with E-state index in [0.717, 1.165) is 37.8 Å². The first kappa shape index (κ1) is 24.8. The largest absolute Gasteiger partial charge is 0.334 e. The molecule has 0 aromatic heterocycles. The molecule has 0 fully saturated rings. The number of benzene rings is 2. The summed E-state index contributed by atoms with van der Waals surface area (Å²) in [6, 6.07) is 16.1. The number of hydrogen-bond acceptors (Lipinski definition) is 2. The normalized spacial score (nSPS) is 15.3. The molecule has 1 atom stereocenters. The van der Waals surface area contributed by atoms with Crippen molar-refractivity contribution >= 4 is 17.6 Å². The third-order valence-electron chi connectivity index (χ3n) is 6.64. The van der Waals surface area contributed by atoms with Crippen LogP contribution >= 0.6 is 0 Å². The first-order valence-corrected chi connectivity index (χ1v) is 12.4. The zero-order valence-corrected chi connectivity index (χ0v) is 20.6. The van der Waals surface area contributed by atoms with E-state index in [9.17, 15) is 9.59 Å². The molecule has 33 heavy (non-hydrogen) atoms. The Morgan fingerprint density at radius 3 is 2.48 bits per heavy atom. The van der Waals surface area contributed by atoms with Crippen molar-refractivity contribution in [1.82, 2.24) is 9.80 Å². The molecule has 1 heterocycles. The molecule has 0 saturated carbocycles. The quantitative estimate of drug-likeness (QED) is 0.452. The average molecular weight is 450 g/mol. The fraction of sp³-hybridized carbons (Fsp3) is 0.500. The minimum Gasteiger partial charge on any atom is -0.334 e. The molecule has 2 aromatic rings. The van der Waals surface area contributed by atoms with Crippen LogP contribution in [0.15, 0.2) is 48.5 Å². The van der Waals surface area contributed by atoms with E-state index in [0.29, 0.717) is 19.0 Å². The molecule has 3 rings (SSSR count). The number of rotatable bonds is 9. The summed E-state index contributed by atoms with van der Waals surface area (Å²) in [4.78, 5) is 30.0. The third-order valence-corrected chi connectivity index (χ3v) is 6.64. The van der Waals surface area contributed by atoms with E-state index in [1.807, 2.05) is 35.2 Å². The van der Waals surface area contributed by atoms with Crippen molar-refractivity contribution in [2.24, 2.45) is 0 Å². The van der Waals surface area contributed by atoms with Gasteiger partial charge in [0.15, 0.2) is 0 Å². The van der Waals surface area contributed by atoms with Gasteiger partial charge in [0.25, 0.3) is 0 Å². The Morgan fingerprint density at radius 2 is 1.79 bits per heavy atom. The van der Waals surface area contributed by atoms with Crippen LogP contribution in [-0.4, -0.2) is 41.4 Å². The van der Waals surface area contributed by atoms with Crippen molar-refractivity contribution in [3.8, 4) is 0 Å². The van der Waals surface area contributed by atoms with Gasteiger partial charge >= 0.3 is 6.03 Å². The van der Waals surface area contributed by atoms with Crippen molar-refractivity contribution in [2.45, 2.75) is 71.8 Å². The lowest BCUT2D eigenvalue weighted by atomic mass is 9.93. The van der Waals surface area contributed by atoms with E-state index in [2.05, 4.69) is 51.2 Å². The predicted octanol–water partition coefficient (Wildman–Crippen LogP) is 6.37. The molecule has 5 nitrogen and oxygen atoms in total. The molecule has 1 aliphatic rings. The maximum Gasteiger partial charge on any atom is 0.322 e. The van der Waals surface area contributed by atoms with E-state index in [4.69, 9.17) is 0 Å². The molecule has 1 N–H and O–H groups in total. The number of amides is 3. The van der Waals surface area contributed by atoms with Crippen molar-refractivity contribution in [1.29, 1.82) is 0 Å². The van der Waals surface area contributed by atoms with Crippen LogP contribution in [0.25, 0.3) is 0 Å². The highest BCUT2D eigenvalue weighted by molar-refractivity contribution is 5.92. The summed E-state index contributed by atoms with van der Waals surface area (Å²) in [7, 11) is 0. The molecule has 0 bridgehead atoms. The second-order valence-electron chi connectivity index (χ2n) is 9.40. The molecule has 1 unspecified atom stereocenters. The number of carbonyl (C=O) groups excluding carboxylic acids is 2. The molecule has 178 valence electrons. The van der Waals surface area contributed by atoms with Gasteiger partial charge in [0.05, 0.1) is 6.04 Å². The van der Waals surface area contributed by atoms with E-state index in [1.54, 1.807) is 4.90 Å². The third kappa shape index (κ3) is 6.59. The lowest BCUT2D eigenvalue weighted by molar-refractivity contribution is -0.134. The maximum atomic E-state index is 13.3. The van der Waals surface area contributed by atoms with Crippen LogP contribution in [0.4, 0.5) is 10.5 Å². The highest BCUT2D eigenvalue weighted by Gasteiger charge is 2.29. The van der Waals surface area contributed by atoms with Crippen molar-refractivity contribution in [3.63, 3.8) is 0 Å². The fourth-order valence-electron chi connectivity index (χ4n) is 4.50. The van der Waals surface area contributed by atoms with Gasteiger partial charge in [-0.25, -0.2) is 4.79 Å². The van der Waals surface area contributed by atoms with Gasteiger partial charge in [-0.3, -0.25) is 4.79 Å². The predicted molar refractivity (Wildman–Crippen MR) is 136 cm³/mol. The molecule has 0 radical (unpaired) electrons. The van der Waals surface area contributed by atoms with Gasteiger partial charge in [0.1, 0.15) is 6.54 Å². The van der Waals surface area contributed by atoms with Crippen LogP contribution < -0.4 is 5.32 Å². The Labute approximate surface area is 199 Å². The highest BCUT2D eigenvalue weighted by Crippen LogP contribution is 2.29. The van der Waals surface area contributed by atoms with Crippen LogP contribution in [0.3, 0.4) is 0 Å². The van der Waals surface area contributed by atoms with Gasteiger partial charge in [-0.1, -0.05) is 76.4 Å². The number of carbonyl (C=O) groups is 2. The number of nitrogens with one attached hydrogen (secondary N) is 1.